The SMILES string of the molecule is CC[C@@]1(C)NC(=O)N(CC(=O)OCC(=O)NCc2ccc(OC)c(OC)c2)C1=O. The maximum Gasteiger partial charge on any atom is 0.326 e. The third-order valence-electron chi connectivity index (χ3n) is 4.64. The van der Waals surface area contributed by atoms with Crippen molar-refractivity contribution in [3.8, 4) is 11.5 Å². The number of ether oxygens (including phenoxy) is 3. The van der Waals surface area contributed by atoms with E-state index >= 15 is 0 Å². The number of esters is 1. The number of benzene rings is 1. The van der Waals surface area contributed by atoms with Crippen molar-refractivity contribution in [2.75, 3.05) is 27.4 Å². The molecule has 0 unspecified atom stereocenters. The molecule has 1 aromatic carbocycles. The van der Waals surface area contributed by atoms with Crippen molar-refractivity contribution < 1.29 is 33.4 Å². The van der Waals surface area contributed by atoms with Crippen molar-refractivity contribution in [3.63, 3.8) is 0 Å². The molecule has 29 heavy (non-hydrogen) atoms. The van der Waals surface area contributed by atoms with Crippen LogP contribution in [0.5, 0.6) is 11.5 Å². The maximum atomic E-state index is 12.2. The number of nitrogens with one attached hydrogen (secondary N) is 2. The van der Waals surface area contributed by atoms with Gasteiger partial charge in [-0.15, -0.1) is 0 Å². The number of hydrogen-bond donors (Lipinski definition) is 2. The van der Waals surface area contributed by atoms with Gasteiger partial charge >= 0.3 is 12.0 Å². The smallest absolute Gasteiger partial charge is 0.326 e. The standard InChI is InChI=1S/C19H25N3O7/c1-5-19(2)17(25)22(18(26)21-19)10-16(24)29-11-15(23)20-9-12-6-7-13(27-3)14(8-12)28-4/h6-8H,5,9-11H2,1-4H3,(H,20,23)(H,21,26)/t19-/m1/s1. The van der Waals surface area contributed by atoms with Crippen LogP contribution < -0.4 is 20.1 Å². The van der Waals surface area contributed by atoms with E-state index in [-0.39, 0.29) is 6.54 Å². The molecule has 0 aromatic heterocycles. The van der Waals surface area contributed by atoms with Crippen molar-refractivity contribution in [3.05, 3.63) is 23.8 Å². The average molecular weight is 407 g/mol. The molecule has 1 atom stereocenters. The first kappa shape index (κ1) is 22.0. The highest BCUT2D eigenvalue weighted by Crippen LogP contribution is 2.27. The van der Waals surface area contributed by atoms with Crippen LogP contribution in [-0.4, -0.2) is 61.6 Å². The van der Waals surface area contributed by atoms with Crippen LogP contribution in [0.15, 0.2) is 18.2 Å². The first-order valence-electron chi connectivity index (χ1n) is 9.01. The van der Waals surface area contributed by atoms with E-state index in [9.17, 15) is 19.2 Å². The minimum Gasteiger partial charge on any atom is -0.493 e. The molecule has 1 fully saturated rings. The van der Waals surface area contributed by atoms with Crippen molar-refractivity contribution in [1.29, 1.82) is 0 Å². The Labute approximate surface area is 168 Å². The number of methoxy groups -OCH3 is 2. The molecule has 2 N–H and O–H groups in total. The Morgan fingerprint density at radius 2 is 1.86 bits per heavy atom. The predicted octanol–water partition coefficient (Wildman–Crippen LogP) is 0.584. The van der Waals surface area contributed by atoms with Crippen LogP contribution in [0.2, 0.25) is 0 Å². The van der Waals surface area contributed by atoms with Crippen LogP contribution in [0.1, 0.15) is 25.8 Å². The third kappa shape index (κ3) is 5.15. The average Bonchev–Trinajstić information content (AvgIpc) is 2.93. The van der Waals surface area contributed by atoms with E-state index in [4.69, 9.17) is 14.2 Å². The summed E-state index contributed by atoms with van der Waals surface area (Å²) in [5.41, 5.74) is -0.269. The monoisotopic (exact) mass is 407 g/mol. The molecule has 1 aliphatic heterocycles. The van der Waals surface area contributed by atoms with E-state index in [1.165, 1.54) is 14.2 Å². The van der Waals surface area contributed by atoms with Crippen LogP contribution in [0, 0.1) is 0 Å². The molecule has 10 heteroatoms. The zero-order chi connectivity index (χ0) is 21.6. The largest absolute Gasteiger partial charge is 0.493 e. The number of imide groups is 1. The summed E-state index contributed by atoms with van der Waals surface area (Å²) < 4.78 is 15.2. The van der Waals surface area contributed by atoms with Gasteiger partial charge in [-0.1, -0.05) is 13.0 Å². The number of carbonyl (C=O) groups excluding carboxylic acids is 4. The predicted molar refractivity (Wildman–Crippen MR) is 101 cm³/mol. The minimum absolute atomic E-state index is 0.193. The van der Waals surface area contributed by atoms with Gasteiger partial charge in [0.25, 0.3) is 11.8 Å². The molecule has 10 nitrogen and oxygen atoms in total. The Morgan fingerprint density at radius 3 is 2.45 bits per heavy atom. The second kappa shape index (κ2) is 9.26. The number of hydrogen-bond acceptors (Lipinski definition) is 7. The molecule has 0 radical (unpaired) electrons. The van der Waals surface area contributed by atoms with Crippen molar-refractivity contribution in [1.82, 2.24) is 15.5 Å². The molecule has 1 aromatic rings. The van der Waals surface area contributed by atoms with Gasteiger partial charge in [-0.2, -0.15) is 0 Å². The Bertz CT molecular complexity index is 811. The molecule has 0 bridgehead atoms. The molecule has 1 heterocycles. The summed E-state index contributed by atoms with van der Waals surface area (Å²) in [5, 5.41) is 5.14. The van der Waals surface area contributed by atoms with Crippen molar-refractivity contribution in [2.45, 2.75) is 32.4 Å². The second-order valence-electron chi connectivity index (χ2n) is 6.63. The Hall–Kier alpha value is -3.30. The lowest BCUT2D eigenvalue weighted by Gasteiger charge is -2.18. The second-order valence-corrected chi connectivity index (χ2v) is 6.63. The van der Waals surface area contributed by atoms with Gasteiger partial charge in [-0.25, -0.2) is 4.79 Å². The van der Waals surface area contributed by atoms with Crippen molar-refractivity contribution >= 4 is 23.8 Å². The summed E-state index contributed by atoms with van der Waals surface area (Å²) in [6, 6.07) is 4.53. The van der Waals surface area contributed by atoms with E-state index in [1.54, 1.807) is 32.0 Å². The van der Waals surface area contributed by atoms with Crippen LogP contribution in [0.25, 0.3) is 0 Å². The molecule has 0 aliphatic carbocycles. The van der Waals surface area contributed by atoms with Crippen LogP contribution in [-0.2, 0) is 25.7 Å². The van der Waals surface area contributed by atoms with Gasteiger partial charge in [0.15, 0.2) is 18.1 Å². The van der Waals surface area contributed by atoms with Crippen LogP contribution in [0.4, 0.5) is 4.79 Å². The topological polar surface area (TPSA) is 123 Å². The van der Waals surface area contributed by atoms with E-state index in [0.717, 1.165) is 10.5 Å². The van der Waals surface area contributed by atoms with E-state index in [1.807, 2.05) is 0 Å². The number of rotatable bonds is 9. The van der Waals surface area contributed by atoms with Crippen LogP contribution in [0.3, 0.4) is 0 Å². The molecule has 0 spiro atoms. The quantitative estimate of drug-likeness (QED) is 0.453. The molecule has 0 saturated carbocycles. The van der Waals surface area contributed by atoms with Gasteiger partial charge in [-0.05, 0) is 31.0 Å². The summed E-state index contributed by atoms with van der Waals surface area (Å²) in [6.45, 7) is 2.45. The first-order valence-corrected chi connectivity index (χ1v) is 9.01. The van der Waals surface area contributed by atoms with Gasteiger partial charge in [0.2, 0.25) is 0 Å². The fourth-order valence-electron chi connectivity index (χ4n) is 2.69. The highest BCUT2D eigenvalue weighted by atomic mass is 16.5. The summed E-state index contributed by atoms with van der Waals surface area (Å²) >= 11 is 0. The summed E-state index contributed by atoms with van der Waals surface area (Å²) in [4.78, 5) is 48.7. The summed E-state index contributed by atoms with van der Waals surface area (Å²) in [5.74, 6) is -0.784. The molecule has 1 saturated heterocycles. The Kier molecular flexibility index (Phi) is 7.03. The van der Waals surface area contributed by atoms with Crippen LogP contribution >= 0.6 is 0 Å². The highest BCUT2D eigenvalue weighted by Gasteiger charge is 2.47. The molecular weight excluding hydrogens is 382 g/mol. The van der Waals surface area contributed by atoms with Gasteiger partial charge in [0, 0.05) is 6.54 Å². The Balaban J connectivity index is 1.80. The van der Waals surface area contributed by atoms with E-state index in [2.05, 4.69) is 10.6 Å². The number of carbonyl (C=O) groups is 4. The maximum absolute atomic E-state index is 12.2. The minimum atomic E-state index is -1.03. The number of urea groups is 1. The van der Waals surface area contributed by atoms with Crippen molar-refractivity contribution in [2.24, 2.45) is 0 Å². The Morgan fingerprint density at radius 1 is 1.17 bits per heavy atom. The molecule has 2 rings (SSSR count). The number of amides is 4. The highest BCUT2D eigenvalue weighted by molar-refractivity contribution is 6.08. The zero-order valence-electron chi connectivity index (χ0n) is 16.9. The van der Waals surface area contributed by atoms with Gasteiger partial charge in [-0.3, -0.25) is 19.3 Å². The lowest BCUT2D eigenvalue weighted by Crippen LogP contribution is -2.43. The molecule has 158 valence electrons. The lowest BCUT2D eigenvalue weighted by atomic mass is 9.99. The van der Waals surface area contributed by atoms with Gasteiger partial charge in [0.05, 0.1) is 14.2 Å². The van der Waals surface area contributed by atoms with E-state index < -0.39 is 42.5 Å². The molecular formula is C19H25N3O7. The molecule has 4 amide bonds. The number of nitrogens with zero attached hydrogens (tertiary/aromatic N) is 1. The van der Waals surface area contributed by atoms with Gasteiger partial charge in [0.1, 0.15) is 12.1 Å². The molecule has 1 aliphatic rings. The zero-order valence-corrected chi connectivity index (χ0v) is 16.9. The third-order valence-corrected chi connectivity index (χ3v) is 4.64. The lowest BCUT2D eigenvalue weighted by molar-refractivity contribution is -0.151. The first-order chi connectivity index (χ1) is 13.7. The fourth-order valence-corrected chi connectivity index (χ4v) is 2.69. The van der Waals surface area contributed by atoms with E-state index in [0.29, 0.717) is 17.9 Å². The summed E-state index contributed by atoms with van der Waals surface area (Å²) in [7, 11) is 3.03. The fraction of sp³-hybridized carbons (Fsp3) is 0.474. The summed E-state index contributed by atoms with van der Waals surface area (Å²) in [6.07, 6.45) is 0.391. The normalized spacial score (nSPS) is 18.3. The van der Waals surface area contributed by atoms with Gasteiger partial charge < -0.3 is 24.8 Å².